The van der Waals surface area contributed by atoms with Crippen LogP contribution in [0, 0.1) is 23.2 Å². The van der Waals surface area contributed by atoms with Gasteiger partial charge in [0, 0.05) is 12.3 Å². The molecule has 0 bridgehead atoms. The number of ketones is 1. The van der Waals surface area contributed by atoms with Crippen molar-refractivity contribution in [1.82, 2.24) is 0 Å². The molecule has 3 nitrogen and oxygen atoms in total. The van der Waals surface area contributed by atoms with Crippen molar-refractivity contribution in [2.75, 3.05) is 0 Å². The van der Waals surface area contributed by atoms with Crippen LogP contribution in [0.3, 0.4) is 0 Å². The van der Waals surface area contributed by atoms with Gasteiger partial charge in [-0.25, -0.2) is 0 Å². The molecule has 0 aromatic heterocycles. The molecule has 0 unspecified atom stereocenters. The highest BCUT2D eigenvalue weighted by Gasteiger charge is 2.74. The quantitative estimate of drug-likeness (QED) is 0.550. The summed E-state index contributed by atoms with van der Waals surface area (Å²) in [7, 11) is 0. The van der Waals surface area contributed by atoms with Gasteiger partial charge in [-0.1, -0.05) is 18.6 Å². The Balaban J connectivity index is 1.54. The van der Waals surface area contributed by atoms with Crippen LogP contribution in [0.15, 0.2) is 11.6 Å². The maximum Gasteiger partial charge on any atom is 0.167 e. The fourth-order valence-corrected chi connectivity index (χ4v) is 6.41. The highest BCUT2D eigenvalue weighted by molar-refractivity contribution is 5.93. The average Bonchev–Trinajstić information content (AvgIpc) is 3.11. The van der Waals surface area contributed by atoms with Crippen molar-refractivity contribution in [3.05, 3.63) is 11.6 Å². The molecule has 3 saturated carbocycles. The van der Waals surface area contributed by atoms with Crippen molar-refractivity contribution < 1.29 is 14.6 Å². The van der Waals surface area contributed by atoms with Crippen LogP contribution in [0.25, 0.3) is 0 Å². The number of fused-ring (bicyclic) bond motifs is 4. The highest BCUT2D eigenvalue weighted by Crippen LogP contribution is 2.67. The lowest BCUT2D eigenvalue weighted by Gasteiger charge is -2.53. The number of hydrogen-bond acceptors (Lipinski definition) is 3. The Kier molecular flexibility index (Phi) is 2.32. The van der Waals surface area contributed by atoms with Crippen molar-refractivity contribution in [3.63, 3.8) is 0 Å². The molecule has 1 spiro atoms. The van der Waals surface area contributed by atoms with E-state index < -0.39 is 0 Å². The topological polar surface area (TPSA) is 49.8 Å². The lowest BCUT2D eigenvalue weighted by molar-refractivity contribution is -0.123. The molecule has 3 heteroatoms. The fourth-order valence-electron chi connectivity index (χ4n) is 6.41. The largest absolute Gasteiger partial charge is 0.393 e. The lowest BCUT2D eigenvalue weighted by Crippen LogP contribution is -2.50. The van der Waals surface area contributed by atoms with E-state index in [1.807, 2.05) is 0 Å². The average molecular weight is 288 g/mol. The first-order valence-corrected chi connectivity index (χ1v) is 8.64. The molecule has 1 aliphatic heterocycles. The van der Waals surface area contributed by atoms with E-state index in [1.165, 1.54) is 5.57 Å². The molecule has 7 atom stereocenters. The van der Waals surface area contributed by atoms with Crippen molar-refractivity contribution in [2.45, 2.75) is 69.7 Å². The molecule has 1 saturated heterocycles. The third-order valence-electron chi connectivity index (χ3n) is 7.57. The van der Waals surface area contributed by atoms with Gasteiger partial charge in [-0.15, -0.1) is 0 Å². The van der Waals surface area contributed by atoms with E-state index in [2.05, 4.69) is 13.0 Å². The molecule has 0 aromatic carbocycles. The van der Waals surface area contributed by atoms with Crippen molar-refractivity contribution in [3.8, 4) is 0 Å². The Bertz CT molecular complexity index is 553. The van der Waals surface area contributed by atoms with Gasteiger partial charge in [0.25, 0.3) is 0 Å². The third kappa shape index (κ3) is 1.40. The van der Waals surface area contributed by atoms with Crippen LogP contribution in [0.1, 0.15) is 51.9 Å². The second-order valence-corrected chi connectivity index (χ2v) is 8.25. The number of carbonyl (C=O) groups is 1. The molecular weight excluding hydrogens is 264 g/mol. The van der Waals surface area contributed by atoms with Gasteiger partial charge in [0.2, 0.25) is 0 Å². The molecular formula is C18H24O3. The predicted octanol–water partition coefficient (Wildman–Crippen LogP) is 2.62. The molecule has 0 amide bonds. The van der Waals surface area contributed by atoms with Crippen LogP contribution in [0.5, 0.6) is 0 Å². The summed E-state index contributed by atoms with van der Waals surface area (Å²) in [4.78, 5) is 12.3. The summed E-state index contributed by atoms with van der Waals surface area (Å²) in [5.74, 6) is 2.13. The summed E-state index contributed by atoms with van der Waals surface area (Å²) in [6.45, 7) is 2.41. The fraction of sp³-hybridized carbons (Fsp3) is 0.833. The molecule has 0 aromatic rings. The van der Waals surface area contributed by atoms with Gasteiger partial charge in [-0.3, -0.25) is 4.79 Å². The number of carbonyl (C=O) groups excluding carboxylic acids is 1. The van der Waals surface area contributed by atoms with Crippen molar-refractivity contribution in [1.29, 1.82) is 0 Å². The maximum atomic E-state index is 12.3. The molecule has 4 fully saturated rings. The molecule has 5 aliphatic rings. The molecule has 21 heavy (non-hydrogen) atoms. The zero-order valence-corrected chi connectivity index (χ0v) is 12.7. The van der Waals surface area contributed by atoms with Crippen LogP contribution >= 0.6 is 0 Å². The lowest BCUT2D eigenvalue weighted by atomic mass is 9.50. The Hall–Kier alpha value is -0.670. The van der Waals surface area contributed by atoms with E-state index in [0.29, 0.717) is 23.5 Å². The normalized spacial score (nSPS) is 57.7. The van der Waals surface area contributed by atoms with E-state index in [4.69, 9.17) is 4.74 Å². The summed E-state index contributed by atoms with van der Waals surface area (Å²) in [6.07, 6.45) is 9.29. The second-order valence-electron chi connectivity index (χ2n) is 8.25. The van der Waals surface area contributed by atoms with E-state index in [0.717, 1.165) is 44.9 Å². The minimum Gasteiger partial charge on any atom is -0.393 e. The smallest absolute Gasteiger partial charge is 0.167 e. The zero-order chi connectivity index (χ0) is 14.4. The molecule has 4 aliphatic carbocycles. The van der Waals surface area contributed by atoms with Gasteiger partial charge in [0.1, 0.15) is 0 Å². The van der Waals surface area contributed by atoms with E-state index in [9.17, 15) is 9.90 Å². The molecule has 114 valence electrons. The summed E-state index contributed by atoms with van der Waals surface area (Å²) in [5.41, 5.74) is 1.38. The first-order valence-electron chi connectivity index (χ1n) is 8.64. The van der Waals surface area contributed by atoms with E-state index >= 15 is 0 Å². The minimum atomic E-state index is -0.350. The molecule has 5 rings (SSSR count). The van der Waals surface area contributed by atoms with Gasteiger partial charge in [-0.05, 0) is 55.8 Å². The number of ether oxygens (including phenoxy) is 1. The standard InChI is InChI=1S/C18H24O3/c1-17-7-6-11(19)8-10(17)2-3-12-13-4-5-15(20)18(13)16(21-18)9-14(12)17/h2,11-14,16,19H,3-9H2,1H3/t11-,12-,13-,14-,16+,17-,18+/m0/s1. The van der Waals surface area contributed by atoms with Crippen LogP contribution in [0.4, 0.5) is 0 Å². The van der Waals surface area contributed by atoms with Crippen LogP contribution in [0.2, 0.25) is 0 Å². The van der Waals surface area contributed by atoms with Gasteiger partial charge in [0.15, 0.2) is 11.4 Å². The Morgan fingerprint density at radius 1 is 1.33 bits per heavy atom. The number of Topliss-reactive ketones (excluding diaryl/α,β-unsaturated/α-hetero) is 1. The number of allylic oxidation sites excluding steroid dienone is 1. The molecule has 0 radical (unpaired) electrons. The van der Waals surface area contributed by atoms with Gasteiger partial charge in [-0.2, -0.15) is 0 Å². The van der Waals surface area contributed by atoms with E-state index in [1.54, 1.807) is 0 Å². The third-order valence-corrected chi connectivity index (χ3v) is 7.57. The highest BCUT2D eigenvalue weighted by atomic mass is 16.6. The van der Waals surface area contributed by atoms with Gasteiger partial charge < -0.3 is 9.84 Å². The molecule has 1 heterocycles. The Morgan fingerprint density at radius 2 is 2.19 bits per heavy atom. The summed E-state index contributed by atoms with van der Waals surface area (Å²) < 4.78 is 6.02. The van der Waals surface area contributed by atoms with Crippen LogP contribution in [-0.4, -0.2) is 28.7 Å². The minimum absolute atomic E-state index is 0.145. The van der Waals surface area contributed by atoms with Crippen molar-refractivity contribution >= 4 is 5.78 Å². The van der Waals surface area contributed by atoms with E-state index in [-0.39, 0.29) is 23.2 Å². The number of rotatable bonds is 0. The first kappa shape index (κ1) is 12.8. The number of epoxide rings is 1. The van der Waals surface area contributed by atoms with Gasteiger partial charge in [0.05, 0.1) is 12.2 Å². The first-order chi connectivity index (χ1) is 10.1. The second kappa shape index (κ2) is 3.80. The van der Waals surface area contributed by atoms with Crippen molar-refractivity contribution in [2.24, 2.45) is 23.2 Å². The number of aliphatic hydroxyl groups excluding tert-OH is 1. The maximum absolute atomic E-state index is 12.3. The predicted molar refractivity (Wildman–Crippen MR) is 77.6 cm³/mol. The van der Waals surface area contributed by atoms with Crippen LogP contribution in [-0.2, 0) is 9.53 Å². The number of aliphatic hydroxyl groups is 1. The monoisotopic (exact) mass is 288 g/mol. The number of hydrogen-bond donors (Lipinski definition) is 1. The Morgan fingerprint density at radius 3 is 3.05 bits per heavy atom. The Labute approximate surface area is 125 Å². The molecule has 1 N–H and O–H groups in total. The zero-order valence-electron chi connectivity index (χ0n) is 12.7. The summed E-state index contributed by atoms with van der Waals surface area (Å²) in [6, 6.07) is 0. The SMILES string of the molecule is C[C@]12CC[C@H](O)CC1=CC[C@H]1[C@@H]3CCC(=O)[C@]34O[C@@H]4C[C@@H]12. The summed E-state index contributed by atoms with van der Waals surface area (Å²) >= 11 is 0. The van der Waals surface area contributed by atoms with Crippen LogP contribution < -0.4 is 0 Å². The van der Waals surface area contributed by atoms with Gasteiger partial charge >= 0.3 is 0 Å². The summed E-state index contributed by atoms with van der Waals surface area (Å²) in [5, 5.41) is 9.99.